The summed E-state index contributed by atoms with van der Waals surface area (Å²) >= 11 is 3.16. The van der Waals surface area contributed by atoms with Crippen LogP contribution in [0.2, 0.25) is 0 Å². The lowest BCUT2D eigenvalue weighted by atomic mass is 10.1. The van der Waals surface area contributed by atoms with Crippen LogP contribution in [0, 0.1) is 11.7 Å². The number of amides is 1. The van der Waals surface area contributed by atoms with Crippen molar-refractivity contribution >= 4 is 27.5 Å². The molecule has 6 heteroatoms. The van der Waals surface area contributed by atoms with Gasteiger partial charge in [-0.2, -0.15) is 0 Å². The zero-order valence-corrected chi connectivity index (χ0v) is 12.0. The first-order chi connectivity index (χ1) is 9.08. The summed E-state index contributed by atoms with van der Waals surface area (Å²) in [6.07, 6.45) is 0.899. The van der Waals surface area contributed by atoms with Crippen LogP contribution in [-0.4, -0.2) is 42.2 Å². The molecule has 1 aliphatic heterocycles. The molecule has 1 aromatic rings. The largest absolute Gasteiger partial charge is 0.396 e. The van der Waals surface area contributed by atoms with Gasteiger partial charge in [-0.25, -0.2) is 4.39 Å². The predicted molar refractivity (Wildman–Crippen MR) is 74.4 cm³/mol. The van der Waals surface area contributed by atoms with E-state index >= 15 is 0 Å². The van der Waals surface area contributed by atoms with Gasteiger partial charge >= 0.3 is 0 Å². The smallest absolute Gasteiger partial charge is 0.238 e. The van der Waals surface area contributed by atoms with E-state index in [1.54, 1.807) is 6.07 Å². The highest BCUT2D eigenvalue weighted by Gasteiger charge is 2.23. The van der Waals surface area contributed by atoms with Crippen LogP contribution >= 0.6 is 15.9 Å². The average Bonchev–Trinajstić information content (AvgIpc) is 2.80. The maximum absolute atomic E-state index is 13.5. The van der Waals surface area contributed by atoms with Gasteiger partial charge in [0.25, 0.3) is 0 Å². The van der Waals surface area contributed by atoms with Crippen molar-refractivity contribution < 1.29 is 14.3 Å². The number of anilines is 1. The summed E-state index contributed by atoms with van der Waals surface area (Å²) in [4.78, 5) is 13.8. The highest BCUT2D eigenvalue weighted by molar-refractivity contribution is 9.10. The van der Waals surface area contributed by atoms with Crippen LogP contribution in [0.1, 0.15) is 6.42 Å². The second-order valence-electron chi connectivity index (χ2n) is 4.74. The number of hydrogen-bond donors (Lipinski definition) is 2. The molecule has 0 spiro atoms. The summed E-state index contributed by atoms with van der Waals surface area (Å²) in [7, 11) is 0. The van der Waals surface area contributed by atoms with Gasteiger partial charge < -0.3 is 10.4 Å². The lowest BCUT2D eigenvalue weighted by molar-refractivity contribution is -0.117. The Kier molecular flexibility index (Phi) is 4.90. The summed E-state index contributed by atoms with van der Waals surface area (Å²) in [5.74, 6) is -0.450. The molecule has 0 radical (unpaired) electrons. The topological polar surface area (TPSA) is 52.6 Å². The Hall–Kier alpha value is -0.980. The van der Waals surface area contributed by atoms with E-state index in [9.17, 15) is 9.18 Å². The maximum atomic E-state index is 13.5. The lowest BCUT2D eigenvalue weighted by Gasteiger charge is -2.15. The number of nitrogens with one attached hydrogen (secondary N) is 1. The molecule has 0 aliphatic carbocycles. The van der Waals surface area contributed by atoms with E-state index < -0.39 is 5.82 Å². The van der Waals surface area contributed by atoms with Gasteiger partial charge in [0.1, 0.15) is 5.82 Å². The molecule has 1 heterocycles. The minimum absolute atomic E-state index is 0.152. The van der Waals surface area contributed by atoms with Crippen LogP contribution < -0.4 is 5.32 Å². The molecule has 1 aliphatic rings. The number of carbonyl (C=O) groups excluding carboxylic acids is 1. The number of carbonyl (C=O) groups is 1. The van der Waals surface area contributed by atoms with E-state index in [0.717, 1.165) is 13.0 Å². The monoisotopic (exact) mass is 330 g/mol. The van der Waals surface area contributed by atoms with E-state index in [2.05, 4.69) is 21.2 Å². The van der Waals surface area contributed by atoms with Crippen molar-refractivity contribution in [3.8, 4) is 0 Å². The van der Waals surface area contributed by atoms with Gasteiger partial charge in [-0.1, -0.05) is 15.9 Å². The molecule has 104 valence electrons. The lowest BCUT2D eigenvalue weighted by Crippen LogP contribution is -2.32. The Bertz CT molecular complexity index is 470. The van der Waals surface area contributed by atoms with Crippen LogP contribution in [0.5, 0.6) is 0 Å². The first kappa shape index (κ1) is 14.4. The van der Waals surface area contributed by atoms with Crippen LogP contribution in [0.15, 0.2) is 22.7 Å². The van der Waals surface area contributed by atoms with Crippen molar-refractivity contribution in [1.29, 1.82) is 0 Å². The number of nitrogens with zero attached hydrogens (tertiary/aromatic N) is 1. The average molecular weight is 331 g/mol. The molecule has 0 saturated carbocycles. The maximum Gasteiger partial charge on any atom is 0.238 e. The minimum Gasteiger partial charge on any atom is -0.396 e. The van der Waals surface area contributed by atoms with E-state index in [1.165, 1.54) is 12.1 Å². The molecule has 0 aromatic heterocycles. The third-order valence-electron chi connectivity index (χ3n) is 3.20. The molecule has 2 N–H and O–H groups in total. The molecular weight excluding hydrogens is 315 g/mol. The SMILES string of the molecule is O=C(CN1CCC(CO)C1)Nc1ccc(Br)cc1F. The van der Waals surface area contributed by atoms with Crippen LogP contribution in [0.4, 0.5) is 10.1 Å². The van der Waals surface area contributed by atoms with E-state index in [1.807, 2.05) is 4.90 Å². The van der Waals surface area contributed by atoms with Crippen molar-refractivity contribution in [3.63, 3.8) is 0 Å². The molecule has 19 heavy (non-hydrogen) atoms. The Morgan fingerprint density at radius 1 is 1.58 bits per heavy atom. The van der Waals surface area contributed by atoms with Crippen molar-refractivity contribution in [3.05, 3.63) is 28.5 Å². The Balaban J connectivity index is 1.87. The van der Waals surface area contributed by atoms with Crippen molar-refractivity contribution in [1.82, 2.24) is 4.90 Å². The summed E-state index contributed by atoms with van der Waals surface area (Å²) in [5.41, 5.74) is 0.186. The minimum atomic E-state index is -0.461. The highest BCUT2D eigenvalue weighted by atomic mass is 79.9. The first-order valence-corrected chi connectivity index (χ1v) is 6.96. The van der Waals surface area contributed by atoms with Crippen LogP contribution in [0.3, 0.4) is 0 Å². The second kappa shape index (κ2) is 6.45. The second-order valence-corrected chi connectivity index (χ2v) is 5.66. The van der Waals surface area contributed by atoms with E-state index in [-0.39, 0.29) is 30.7 Å². The molecule has 1 unspecified atom stereocenters. The van der Waals surface area contributed by atoms with E-state index in [4.69, 9.17) is 5.11 Å². The Morgan fingerprint density at radius 3 is 3.00 bits per heavy atom. The van der Waals surface area contributed by atoms with E-state index in [0.29, 0.717) is 11.0 Å². The standard InChI is InChI=1S/C13H16BrFN2O2/c14-10-1-2-12(11(15)5-10)16-13(19)7-17-4-3-9(6-17)8-18/h1-2,5,9,18H,3-4,6-8H2,(H,16,19). The molecular formula is C13H16BrFN2O2. The number of rotatable bonds is 4. The Morgan fingerprint density at radius 2 is 2.37 bits per heavy atom. The van der Waals surface area contributed by atoms with Crippen molar-refractivity contribution in [2.75, 3.05) is 31.6 Å². The zero-order valence-electron chi connectivity index (χ0n) is 10.4. The molecule has 2 rings (SSSR count). The number of hydrogen-bond acceptors (Lipinski definition) is 3. The number of aliphatic hydroxyl groups excluding tert-OH is 1. The van der Waals surface area contributed by atoms with Gasteiger partial charge in [0.15, 0.2) is 0 Å². The van der Waals surface area contributed by atoms with Crippen LogP contribution in [0.25, 0.3) is 0 Å². The van der Waals surface area contributed by atoms with Crippen LogP contribution in [-0.2, 0) is 4.79 Å². The summed E-state index contributed by atoms with van der Waals surface area (Å²) in [5, 5.41) is 11.6. The number of benzene rings is 1. The van der Waals surface area contributed by atoms with Gasteiger partial charge in [-0.05, 0) is 37.1 Å². The third kappa shape index (κ3) is 3.99. The third-order valence-corrected chi connectivity index (χ3v) is 3.69. The summed E-state index contributed by atoms with van der Waals surface area (Å²) in [6.45, 7) is 1.89. The normalized spacial score (nSPS) is 19.6. The molecule has 0 bridgehead atoms. The highest BCUT2D eigenvalue weighted by Crippen LogP contribution is 2.20. The summed E-state index contributed by atoms with van der Waals surface area (Å²) < 4.78 is 14.2. The molecule has 1 atom stereocenters. The predicted octanol–water partition coefficient (Wildman–Crippen LogP) is 1.84. The van der Waals surface area contributed by atoms with Gasteiger partial charge in [0, 0.05) is 17.6 Å². The van der Waals surface area contributed by atoms with Gasteiger partial charge in [0.05, 0.1) is 12.2 Å². The fourth-order valence-electron chi connectivity index (χ4n) is 2.19. The van der Waals surface area contributed by atoms with Crippen molar-refractivity contribution in [2.24, 2.45) is 5.92 Å². The molecule has 1 saturated heterocycles. The summed E-state index contributed by atoms with van der Waals surface area (Å²) in [6, 6.07) is 4.52. The van der Waals surface area contributed by atoms with Gasteiger partial charge in [0.2, 0.25) is 5.91 Å². The van der Waals surface area contributed by atoms with Crippen molar-refractivity contribution in [2.45, 2.75) is 6.42 Å². The fraction of sp³-hybridized carbons (Fsp3) is 0.462. The first-order valence-electron chi connectivity index (χ1n) is 6.16. The quantitative estimate of drug-likeness (QED) is 0.885. The Labute approximate surface area is 119 Å². The number of likely N-dealkylation sites (tertiary alicyclic amines) is 1. The fourth-order valence-corrected chi connectivity index (χ4v) is 2.52. The molecule has 1 amide bonds. The number of halogens is 2. The molecule has 4 nitrogen and oxygen atoms in total. The number of aliphatic hydroxyl groups is 1. The molecule has 1 fully saturated rings. The zero-order chi connectivity index (χ0) is 13.8. The van der Waals surface area contributed by atoms with Gasteiger partial charge in [-0.3, -0.25) is 9.69 Å². The van der Waals surface area contributed by atoms with Gasteiger partial charge in [-0.15, -0.1) is 0 Å². The molecule has 1 aromatic carbocycles.